The minimum absolute atomic E-state index is 0.0860. The fourth-order valence-electron chi connectivity index (χ4n) is 2.64. The Kier molecular flexibility index (Phi) is 7.68. The van der Waals surface area contributed by atoms with Gasteiger partial charge in [0, 0.05) is 45.5 Å². The quantitative estimate of drug-likeness (QED) is 0.717. The minimum Gasteiger partial charge on any atom is -0.493 e. The van der Waals surface area contributed by atoms with Crippen LogP contribution in [0.15, 0.2) is 48.5 Å². The van der Waals surface area contributed by atoms with Gasteiger partial charge < -0.3 is 24.6 Å². The Labute approximate surface area is 165 Å². The van der Waals surface area contributed by atoms with E-state index in [1.54, 1.807) is 24.1 Å². The van der Waals surface area contributed by atoms with Crippen LogP contribution in [0.25, 0.3) is 0 Å². The SMILES string of the molecule is COc1ccccc1OCC(=O)NCCN(C(C)=O)c1ccc(N(C)C)cc1. The Balaban J connectivity index is 1.85. The van der Waals surface area contributed by atoms with E-state index in [0.29, 0.717) is 24.6 Å². The van der Waals surface area contributed by atoms with E-state index < -0.39 is 0 Å². The van der Waals surface area contributed by atoms with Gasteiger partial charge in [0.25, 0.3) is 5.91 Å². The molecule has 2 aromatic rings. The highest BCUT2D eigenvalue weighted by molar-refractivity contribution is 5.91. The lowest BCUT2D eigenvalue weighted by molar-refractivity contribution is -0.123. The summed E-state index contributed by atoms with van der Waals surface area (Å²) in [5.41, 5.74) is 1.84. The van der Waals surface area contributed by atoms with Crippen molar-refractivity contribution < 1.29 is 19.1 Å². The molecule has 0 aromatic heterocycles. The third-order valence-corrected chi connectivity index (χ3v) is 4.14. The van der Waals surface area contributed by atoms with Crippen LogP contribution in [-0.4, -0.2) is 52.7 Å². The van der Waals surface area contributed by atoms with E-state index in [1.165, 1.54) is 6.92 Å². The van der Waals surface area contributed by atoms with Crippen LogP contribution >= 0.6 is 0 Å². The van der Waals surface area contributed by atoms with Gasteiger partial charge in [-0.15, -0.1) is 0 Å². The molecule has 0 aliphatic rings. The van der Waals surface area contributed by atoms with Crippen LogP contribution in [0.1, 0.15) is 6.92 Å². The zero-order valence-electron chi connectivity index (χ0n) is 16.8. The molecule has 0 bridgehead atoms. The van der Waals surface area contributed by atoms with Crippen LogP contribution in [0, 0.1) is 0 Å². The van der Waals surface area contributed by atoms with Crippen molar-refractivity contribution in [3.05, 3.63) is 48.5 Å². The molecule has 2 amide bonds. The largest absolute Gasteiger partial charge is 0.493 e. The standard InChI is InChI=1S/C21H27N3O4/c1-16(25)24(18-11-9-17(10-12-18)23(2)3)14-13-22-21(26)15-28-20-8-6-5-7-19(20)27-4/h5-12H,13-15H2,1-4H3,(H,22,26). The normalized spacial score (nSPS) is 10.1. The summed E-state index contributed by atoms with van der Waals surface area (Å²) >= 11 is 0. The van der Waals surface area contributed by atoms with Crippen LogP contribution in [-0.2, 0) is 9.59 Å². The molecule has 150 valence electrons. The molecule has 0 unspecified atom stereocenters. The molecule has 0 saturated carbocycles. The predicted octanol–water partition coefficient (Wildman–Crippen LogP) is 2.31. The summed E-state index contributed by atoms with van der Waals surface area (Å²) < 4.78 is 10.7. The molecular formula is C21H27N3O4. The molecule has 2 rings (SSSR count). The molecule has 0 spiro atoms. The van der Waals surface area contributed by atoms with Crippen molar-refractivity contribution in [1.29, 1.82) is 0 Å². The summed E-state index contributed by atoms with van der Waals surface area (Å²) in [5.74, 6) is 0.722. The highest BCUT2D eigenvalue weighted by Crippen LogP contribution is 2.25. The number of amides is 2. The molecule has 2 aromatic carbocycles. The first-order valence-electron chi connectivity index (χ1n) is 9.00. The number of nitrogens with zero attached hydrogens (tertiary/aromatic N) is 2. The number of carbonyl (C=O) groups is 2. The first-order chi connectivity index (χ1) is 13.4. The van der Waals surface area contributed by atoms with Gasteiger partial charge in [-0.25, -0.2) is 0 Å². The molecule has 7 nitrogen and oxygen atoms in total. The van der Waals surface area contributed by atoms with Crippen LogP contribution < -0.4 is 24.6 Å². The van der Waals surface area contributed by atoms with Gasteiger partial charge in [0.2, 0.25) is 5.91 Å². The lowest BCUT2D eigenvalue weighted by Crippen LogP contribution is -2.39. The third kappa shape index (κ3) is 5.90. The number of ether oxygens (including phenoxy) is 2. The average Bonchev–Trinajstić information content (AvgIpc) is 2.69. The van der Waals surface area contributed by atoms with Gasteiger partial charge in [-0.3, -0.25) is 9.59 Å². The predicted molar refractivity (Wildman–Crippen MR) is 110 cm³/mol. The average molecular weight is 385 g/mol. The number of hydrogen-bond donors (Lipinski definition) is 1. The lowest BCUT2D eigenvalue weighted by Gasteiger charge is -2.22. The van der Waals surface area contributed by atoms with Crippen molar-refractivity contribution in [1.82, 2.24) is 5.32 Å². The van der Waals surface area contributed by atoms with E-state index >= 15 is 0 Å². The van der Waals surface area contributed by atoms with Gasteiger partial charge in [-0.2, -0.15) is 0 Å². The fourth-order valence-corrected chi connectivity index (χ4v) is 2.64. The number of benzene rings is 2. The van der Waals surface area contributed by atoms with E-state index in [9.17, 15) is 9.59 Å². The van der Waals surface area contributed by atoms with Crippen molar-refractivity contribution in [2.45, 2.75) is 6.92 Å². The minimum atomic E-state index is -0.266. The van der Waals surface area contributed by atoms with Crippen molar-refractivity contribution in [2.75, 3.05) is 50.7 Å². The molecule has 0 fully saturated rings. The molecule has 0 aliphatic carbocycles. The van der Waals surface area contributed by atoms with E-state index in [1.807, 2.05) is 55.4 Å². The molecule has 0 aliphatic heterocycles. The Morgan fingerprint density at radius 3 is 2.14 bits per heavy atom. The number of anilines is 2. The Morgan fingerprint density at radius 1 is 0.964 bits per heavy atom. The molecule has 0 saturated heterocycles. The second-order valence-corrected chi connectivity index (χ2v) is 6.37. The molecule has 1 N–H and O–H groups in total. The number of methoxy groups -OCH3 is 1. The summed E-state index contributed by atoms with van der Waals surface area (Å²) in [6.45, 7) is 2.07. The summed E-state index contributed by atoms with van der Waals surface area (Å²) in [6.07, 6.45) is 0. The monoisotopic (exact) mass is 385 g/mol. The maximum atomic E-state index is 12.0. The summed E-state index contributed by atoms with van der Waals surface area (Å²) in [6, 6.07) is 14.8. The molecular weight excluding hydrogens is 358 g/mol. The van der Waals surface area contributed by atoms with Crippen LogP contribution in [0.5, 0.6) is 11.5 Å². The number of carbonyl (C=O) groups excluding carboxylic acids is 2. The topological polar surface area (TPSA) is 71.1 Å². The highest BCUT2D eigenvalue weighted by Gasteiger charge is 2.12. The number of rotatable bonds is 9. The maximum absolute atomic E-state index is 12.0. The summed E-state index contributed by atoms with van der Waals surface area (Å²) in [4.78, 5) is 27.6. The van der Waals surface area contributed by atoms with Crippen molar-refractivity contribution in [3.63, 3.8) is 0 Å². The second kappa shape index (κ2) is 10.2. The Morgan fingerprint density at radius 2 is 1.57 bits per heavy atom. The van der Waals surface area contributed by atoms with Crippen LogP contribution in [0.4, 0.5) is 11.4 Å². The summed E-state index contributed by atoms with van der Waals surface area (Å²) in [7, 11) is 5.46. The Bertz CT molecular complexity index is 790. The maximum Gasteiger partial charge on any atom is 0.258 e. The van der Waals surface area contributed by atoms with Gasteiger partial charge in [0.1, 0.15) is 0 Å². The smallest absolute Gasteiger partial charge is 0.258 e. The summed E-state index contributed by atoms with van der Waals surface area (Å²) in [5, 5.41) is 2.77. The van der Waals surface area contributed by atoms with E-state index in [0.717, 1.165) is 11.4 Å². The zero-order valence-corrected chi connectivity index (χ0v) is 16.8. The lowest BCUT2D eigenvalue weighted by atomic mass is 10.2. The van der Waals surface area contributed by atoms with Gasteiger partial charge in [-0.05, 0) is 36.4 Å². The van der Waals surface area contributed by atoms with E-state index in [4.69, 9.17) is 9.47 Å². The van der Waals surface area contributed by atoms with Crippen molar-refractivity contribution in [2.24, 2.45) is 0 Å². The molecule has 0 heterocycles. The van der Waals surface area contributed by atoms with Gasteiger partial charge >= 0.3 is 0 Å². The third-order valence-electron chi connectivity index (χ3n) is 4.14. The fraction of sp³-hybridized carbons (Fsp3) is 0.333. The van der Waals surface area contributed by atoms with Gasteiger partial charge in [-0.1, -0.05) is 12.1 Å². The van der Waals surface area contributed by atoms with Crippen molar-refractivity contribution in [3.8, 4) is 11.5 Å². The Hall–Kier alpha value is -3.22. The number of hydrogen-bond acceptors (Lipinski definition) is 5. The first-order valence-corrected chi connectivity index (χ1v) is 9.00. The second-order valence-electron chi connectivity index (χ2n) is 6.37. The molecule has 28 heavy (non-hydrogen) atoms. The van der Waals surface area contributed by atoms with Crippen LogP contribution in [0.3, 0.4) is 0 Å². The highest BCUT2D eigenvalue weighted by atomic mass is 16.5. The van der Waals surface area contributed by atoms with Crippen molar-refractivity contribution >= 4 is 23.2 Å². The molecule has 7 heteroatoms. The first kappa shape index (κ1) is 21.1. The zero-order chi connectivity index (χ0) is 20.5. The number of nitrogens with one attached hydrogen (secondary N) is 1. The van der Waals surface area contributed by atoms with Gasteiger partial charge in [0.05, 0.1) is 7.11 Å². The van der Waals surface area contributed by atoms with E-state index in [2.05, 4.69) is 5.32 Å². The van der Waals surface area contributed by atoms with E-state index in [-0.39, 0.29) is 18.4 Å². The molecule has 0 atom stereocenters. The van der Waals surface area contributed by atoms with Crippen LogP contribution in [0.2, 0.25) is 0 Å². The molecule has 0 radical (unpaired) electrons. The van der Waals surface area contributed by atoms with Gasteiger partial charge in [0.15, 0.2) is 18.1 Å². The number of para-hydroxylation sites is 2.